The Morgan fingerprint density at radius 3 is 2.57 bits per heavy atom. The smallest absolute Gasteiger partial charge is 0.354 e. The van der Waals surface area contributed by atoms with Gasteiger partial charge in [-0.05, 0) is 38.7 Å². The van der Waals surface area contributed by atoms with Crippen LogP contribution in [0.25, 0.3) is 0 Å². The van der Waals surface area contributed by atoms with Gasteiger partial charge < -0.3 is 14.6 Å². The zero-order chi connectivity index (χ0) is 20.3. The Morgan fingerprint density at radius 2 is 1.89 bits per heavy atom. The molecule has 2 heterocycles. The van der Waals surface area contributed by atoms with Crippen LogP contribution in [0.4, 0.5) is 0 Å². The first-order chi connectivity index (χ1) is 13.3. The van der Waals surface area contributed by atoms with Crippen molar-refractivity contribution in [2.24, 2.45) is 7.05 Å². The number of carbonyl (C=O) groups excluding carboxylic acids is 2. The molecule has 1 atom stereocenters. The summed E-state index contributed by atoms with van der Waals surface area (Å²) in [5, 5.41) is 3.04. The number of aromatic nitrogens is 1. The summed E-state index contributed by atoms with van der Waals surface area (Å²) in [5.74, 6) is -0.783. The number of hydrogen-bond acceptors (Lipinski definition) is 5. The molecule has 0 aromatic carbocycles. The van der Waals surface area contributed by atoms with Gasteiger partial charge in [-0.15, -0.1) is 0 Å². The van der Waals surface area contributed by atoms with Gasteiger partial charge in [-0.2, -0.15) is 4.31 Å². The van der Waals surface area contributed by atoms with Gasteiger partial charge in [-0.1, -0.05) is 19.3 Å². The van der Waals surface area contributed by atoms with Crippen molar-refractivity contribution in [3.63, 3.8) is 0 Å². The first-order valence-corrected chi connectivity index (χ1v) is 11.4. The van der Waals surface area contributed by atoms with Crippen LogP contribution in [0.1, 0.15) is 62.4 Å². The maximum atomic E-state index is 13.2. The van der Waals surface area contributed by atoms with Crippen molar-refractivity contribution in [1.29, 1.82) is 0 Å². The molecule has 1 aromatic heterocycles. The van der Waals surface area contributed by atoms with E-state index in [0.717, 1.165) is 25.7 Å². The van der Waals surface area contributed by atoms with Crippen LogP contribution < -0.4 is 5.32 Å². The molecule has 2 aliphatic rings. The van der Waals surface area contributed by atoms with Gasteiger partial charge in [-0.25, -0.2) is 13.2 Å². The van der Waals surface area contributed by atoms with Gasteiger partial charge in [0, 0.05) is 25.8 Å². The van der Waals surface area contributed by atoms with E-state index in [0.29, 0.717) is 19.4 Å². The molecule has 2 fully saturated rings. The Hall–Kier alpha value is -1.87. The SMILES string of the molecule is CCOC(=O)c1cc(S(=O)(=O)N2CCC[C@@H]2C(=O)NC2CCCCC2)cn1C. The number of nitrogens with zero attached hydrogens (tertiary/aromatic N) is 2. The second-order valence-electron chi connectivity index (χ2n) is 7.51. The Bertz CT molecular complexity index is 827. The molecule has 28 heavy (non-hydrogen) atoms. The number of hydrogen-bond donors (Lipinski definition) is 1. The van der Waals surface area contributed by atoms with Crippen molar-refractivity contribution < 1.29 is 22.7 Å². The number of rotatable bonds is 6. The summed E-state index contributed by atoms with van der Waals surface area (Å²) in [6, 6.07) is 0.763. The maximum Gasteiger partial charge on any atom is 0.354 e. The van der Waals surface area contributed by atoms with Crippen LogP contribution in [0, 0.1) is 0 Å². The minimum Gasteiger partial charge on any atom is -0.461 e. The number of aryl methyl sites for hydroxylation is 1. The monoisotopic (exact) mass is 411 g/mol. The molecular weight excluding hydrogens is 382 g/mol. The fourth-order valence-corrected chi connectivity index (χ4v) is 5.78. The molecule has 3 rings (SSSR count). The van der Waals surface area contributed by atoms with E-state index in [9.17, 15) is 18.0 Å². The number of esters is 1. The maximum absolute atomic E-state index is 13.2. The Kier molecular flexibility index (Phi) is 6.44. The fraction of sp³-hybridized carbons (Fsp3) is 0.684. The molecule has 1 amide bonds. The van der Waals surface area contributed by atoms with E-state index in [-0.39, 0.29) is 29.1 Å². The summed E-state index contributed by atoms with van der Waals surface area (Å²) >= 11 is 0. The molecule has 9 heteroatoms. The Morgan fingerprint density at radius 1 is 1.18 bits per heavy atom. The number of ether oxygens (including phenoxy) is 1. The summed E-state index contributed by atoms with van der Waals surface area (Å²) in [6.07, 6.45) is 7.83. The predicted octanol–water partition coefficient (Wildman–Crippen LogP) is 1.80. The molecule has 1 aliphatic carbocycles. The van der Waals surface area contributed by atoms with E-state index in [1.165, 1.54) is 27.6 Å². The average Bonchev–Trinajstić information content (AvgIpc) is 3.30. The molecule has 1 aliphatic heterocycles. The van der Waals surface area contributed by atoms with Crippen molar-refractivity contribution >= 4 is 21.9 Å². The minimum absolute atomic E-state index is 0.00965. The Balaban J connectivity index is 1.77. The molecule has 1 N–H and O–H groups in total. The van der Waals surface area contributed by atoms with Gasteiger partial charge in [0.25, 0.3) is 0 Å². The van der Waals surface area contributed by atoms with Gasteiger partial charge in [0.15, 0.2) is 0 Å². The van der Waals surface area contributed by atoms with Crippen LogP contribution in [0.15, 0.2) is 17.2 Å². The van der Waals surface area contributed by atoms with Crippen LogP contribution >= 0.6 is 0 Å². The van der Waals surface area contributed by atoms with E-state index in [4.69, 9.17) is 4.74 Å². The zero-order valence-electron chi connectivity index (χ0n) is 16.5. The Labute approximate surface area is 166 Å². The normalized spacial score (nSPS) is 21.6. The third-order valence-corrected chi connectivity index (χ3v) is 7.40. The number of amides is 1. The largest absolute Gasteiger partial charge is 0.461 e. The molecule has 156 valence electrons. The first-order valence-electron chi connectivity index (χ1n) is 10.00. The van der Waals surface area contributed by atoms with Crippen LogP contribution in [0.5, 0.6) is 0 Å². The molecular formula is C19H29N3O5S. The number of sulfonamides is 1. The summed E-state index contributed by atoms with van der Waals surface area (Å²) in [7, 11) is -2.28. The third-order valence-electron chi connectivity index (χ3n) is 5.53. The molecule has 0 bridgehead atoms. The molecule has 0 radical (unpaired) electrons. The summed E-state index contributed by atoms with van der Waals surface area (Å²) < 4.78 is 34.0. The highest BCUT2D eigenvalue weighted by atomic mass is 32.2. The molecule has 1 saturated carbocycles. The van der Waals surface area contributed by atoms with Crippen molar-refractivity contribution in [3.05, 3.63) is 18.0 Å². The summed E-state index contributed by atoms with van der Waals surface area (Å²) in [4.78, 5) is 24.8. The van der Waals surface area contributed by atoms with Crippen LogP contribution in [0.3, 0.4) is 0 Å². The quantitative estimate of drug-likeness (QED) is 0.720. The summed E-state index contributed by atoms with van der Waals surface area (Å²) in [5.41, 5.74) is 0.169. The lowest BCUT2D eigenvalue weighted by Gasteiger charge is -2.27. The molecule has 1 aromatic rings. The minimum atomic E-state index is -3.88. The highest BCUT2D eigenvalue weighted by Gasteiger charge is 2.40. The van der Waals surface area contributed by atoms with E-state index in [1.54, 1.807) is 14.0 Å². The molecule has 8 nitrogen and oxygen atoms in total. The highest BCUT2D eigenvalue weighted by Crippen LogP contribution is 2.28. The first kappa shape index (κ1) is 20.9. The van der Waals surface area contributed by atoms with E-state index in [2.05, 4.69) is 5.32 Å². The van der Waals surface area contributed by atoms with Crippen molar-refractivity contribution in [2.45, 2.75) is 68.8 Å². The van der Waals surface area contributed by atoms with Gasteiger partial charge >= 0.3 is 5.97 Å². The average molecular weight is 412 g/mol. The predicted molar refractivity (Wildman–Crippen MR) is 103 cm³/mol. The lowest BCUT2D eigenvalue weighted by atomic mass is 9.95. The fourth-order valence-electron chi connectivity index (χ4n) is 4.05. The van der Waals surface area contributed by atoms with Gasteiger partial charge in [-0.3, -0.25) is 4.79 Å². The van der Waals surface area contributed by atoms with Crippen LogP contribution in [0.2, 0.25) is 0 Å². The van der Waals surface area contributed by atoms with Crippen LogP contribution in [-0.4, -0.2) is 54.4 Å². The van der Waals surface area contributed by atoms with Crippen LogP contribution in [-0.2, 0) is 26.6 Å². The zero-order valence-corrected chi connectivity index (χ0v) is 17.3. The topological polar surface area (TPSA) is 97.7 Å². The molecule has 0 unspecified atom stereocenters. The summed E-state index contributed by atoms with van der Waals surface area (Å²) in [6.45, 7) is 2.20. The standard InChI is InChI=1S/C19H29N3O5S/c1-3-27-19(24)17-12-15(13-21(17)2)28(25,26)22-11-7-10-16(22)18(23)20-14-8-5-4-6-9-14/h12-14,16H,3-11H2,1-2H3,(H,20,23)/t16-/m1/s1. The van der Waals surface area contributed by atoms with Crippen molar-refractivity contribution in [2.75, 3.05) is 13.2 Å². The second-order valence-corrected chi connectivity index (χ2v) is 9.40. The van der Waals surface area contributed by atoms with Crippen molar-refractivity contribution in [3.8, 4) is 0 Å². The number of nitrogens with one attached hydrogen (secondary N) is 1. The van der Waals surface area contributed by atoms with E-state index < -0.39 is 22.0 Å². The van der Waals surface area contributed by atoms with E-state index >= 15 is 0 Å². The number of carbonyl (C=O) groups is 2. The third kappa shape index (κ3) is 4.25. The highest BCUT2D eigenvalue weighted by molar-refractivity contribution is 7.89. The van der Waals surface area contributed by atoms with Gasteiger partial charge in [0.05, 0.1) is 6.61 Å². The lowest BCUT2D eigenvalue weighted by molar-refractivity contribution is -0.125. The van der Waals surface area contributed by atoms with Gasteiger partial charge in [0.2, 0.25) is 15.9 Å². The molecule has 1 saturated heterocycles. The second kappa shape index (κ2) is 8.65. The lowest BCUT2D eigenvalue weighted by Crippen LogP contribution is -2.49. The van der Waals surface area contributed by atoms with Crippen molar-refractivity contribution in [1.82, 2.24) is 14.2 Å². The van der Waals surface area contributed by atoms with E-state index in [1.807, 2.05) is 0 Å². The molecule has 0 spiro atoms. The van der Waals surface area contributed by atoms with Gasteiger partial charge in [0.1, 0.15) is 16.6 Å².